The molecule has 0 amide bonds. The SMILES string of the molecule is Brc1cc2c(cc1CNc1ccccc1)OCO2. The van der Waals surface area contributed by atoms with Gasteiger partial charge >= 0.3 is 0 Å². The molecule has 1 aliphatic rings. The van der Waals surface area contributed by atoms with Gasteiger partial charge in [-0.1, -0.05) is 34.1 Å². The number of anilines is 1. The molecule has 0 atom stereocenters. The molecule has 3 nitrogen and oxygen atoms in total. The number of ether oxygens (including phenoxy) is 2. The quantitative estimate of drug-likeness (QED) is 0.936. The molecule has 4 heteroatoms. The Morgan fingerprint density at radius 3 is 2.56 bits per heavy atom. The van der Waals surface area contributed by atoms with Crippen LogP contribution >= 0.6 is 15.9 Å². The van der Waals surface area contributed by atoms with Gasteiger partial charge in [-0.05, 0) is 29.8 Å². The van der Waals surface area contributed by atoms with Crippen LogP contribution in [0, 0.1) is 0 Å². The van der Waals surface area contributed by atoms with Crippen LogP contribution in [0.3, 0.4) is 0 Å². The lowest BCUT2D eigenvalue weighted by Crippen LogP contribution is -2.00. The van der Waals surface area contributed by atoms with Crippen LogP contribution in [0.5, 0.6) is 11.5 Å². The first-order valence-corrected chi connectivity index (χ1v) is 6.49. The summed E-state index contributed by atoms with van der Waals surface area (Å²) in [6.07, 6.45) is 0. The van der Waals surface area contributed by atoms with Gasteiger partial charge in [0.1, 0.15) is 0 Å². The van der Waals surface area contributed by atoms with E-state index in [0.717, 1.165) is 33.8 Å². The van der Waals surface area contributed by atoms with Crippen LogP contribution in [0.4, 0.5) is 5.69 Å². The zero-order valence-electron chi connectivity index (χ0n) is 9.65. The molecule has 92 valence electrons. The molecule has 18 heavy (non-hydrogen) atoms. The maximum Gasteiger partial charge on any atom is 0.231 e. The minimum absolute atomic E-state index is 0.303. The molecule has 2 aromatic carbocycles. The number of benzene rings is 2. The molecule has 0 saturated carbocycles. The Hall–Kier alpha value is -1.68. The highest BCUT2D eigenvalue weighted by Crippen LogP contribution is 2.37. The topological polar surface area (TPSA) is 30.5 Å². The van der Waals surface area contributed by atoms with Gasteiger partial charge in [0.2, 0.25) is 6.79 Å². The van der Waals surface area contributed by atoms with Crippen molar-refractivity contribution in [3.05, 3.63) is 52.5 Å². The summed E-state index contributed by atoms with van der Waals surface area (Å²) in [6.45, 7) is 1.04. The third-order valence-electron chi connectivity index (χ3n) is 2.80. The van der Waals surface area contributed by atoms with E-state index in [2.05, 4.69) is 21.2 Å². The number of hydrogen-bond donors (Lipinski definition) is 1. The van der Waals surface area contributed by atoms with E-state index in [-0.39, 0.29) is 0 Å². The largest absolute Gasteiger partial charge is 0.454 e. The summed E-state index contributed by atoms with van der Waals surface area (Å²) in [5, 5.41) is 3.37. The molecular weight excluding hydrogens is 294 g/mol. The van der Waals surface area contributed by atoms with Gasteiger partial charge in [-0.3, -0.25) is 0 Å². The van der Waals surface area contributed by atoms with Gasteiger partial charge in [-0.2, -0.15) is 0 Å². The predicted octanol–water partition coefficient (Wildman–Crippen LogP) is 3.79. The molecule has 2 aromatic rings. The van der Waals surface area contributed by atoms with E-state index >= 15 is 0 Å². The normalized spacial score (nSPS) is 12.5. The number of rotatable bonds is 3. The van der Waals surface area contributed by atoms with Crippen molar-refractivity contribution in [2.75, 3.05) is 12.1 Å². The van der Waals surface area contributed by atoms with Crippen LogP contribution in [-0.4, -0.2) is 6.79 Å². The van der Waals surface area contributed by atoms with Crippen molar-refractivity contribution in [2.45, 2.75) is 6.54 Å². The lowest BCUT2D eigenvalue weighted by atomic mass is 10.2. The summed E-state index contributed by atoms with van der Waals surface area (Å²) in [5.41, 5.74) is 2.24. The van der Waals surface area contributed by atoms with Crippen molar-refractivity contribution in [1.29, 1.82) is 0 Å². The number of para-hydroxylation sites is 1. The number of halogens is 1. The first kappa shape index (κ1) is 11.4. The van der Waals surface area contributed by atoms with E-state index < -0.39 is 0 Å². The molecule has 0 spiro atoms. The predicted molar refractivity (Wildman–Crippen MR) is 74.0 cm³/mol. The Balaban J connectivity index is 1.77. The summed E-state index contributed by atoms with van der Waals surface area (Å²) >= 11 is 3.55. The first-order chi connectivity index (χ1) is 8.83. The summed E-state index contributed by atoms with van der Waals surface area (Å²) in [5.74, 6) is 1.60. The average Bonchev–Trinajstić information content (AvgIpc) is 2.84. The second-order valence-corrected chi connectivity index (χ2v) is 4.87. The molecule has 1 aliphatic heterocycles. The van der Waals surface area contributed by atoms with Crippen LogP contribution in [0.15, 0.2) is 46.9 Å². The summed E-state index contributed by atoms with van der Waals surface area (Å²) < 4.78 is 11.7. The van der Waals surface area contributed by atoms with Crippen molar-refractivity contribution >= 4 is 21.6 Å². The Kier molecular flexibility index (Phi) is 3.11. The molecule has 0 bridgehead atoms. The van der Waals surface area contributed by atoms with Gasteiger partial charge in [0, 0.05) is 16.7 Å². The Morgan fingerprint density at radius 2 is 1.78 bits per heavy atom. The second kappa shape index (κ2) is 4.90. The Bertz CT molecular complexity index is 557. The molecule has 1 N–H and O–H groups in total. The fourth-order valence-electron chi connectivity index (χ4n) is 1.85. The van der Waals surface area contributed by atoms with Gasteiger partial charge in [0.15, 0.2) is 11.5 Å². The third-order valence-corrected chi connectivity index (χ3v) is 3.54. The van der Waals surface area contributed by atoms with E-state index in [0.29, 0.717) is 6.79 Å². The molecule has 0 fully saturated rings. The zero-order valence-corrected chi connectivity index (χ0v) is 11.2. The highest BCUT2D eigenvalue weighted by molar-refractivity contribution is 9.10. The minimum Gasteiger partial charge on any atom is -0.454 e. The molecule has 3 rings (SSSR count). The standard InChI is InChI=1S/C14H12BrNO2/c15-12-7-14-13(17-9-18-14)6-10(12)8-16-11-4-2-1-3-5-11/h1-7,16H,8-9H2. The third kappa shape index (κ3) is 2.29. The maximum atomic E-state index is 5.38. The second-order valence-electron chi connectivity index (χ2n) is 4.02. The Labute approximate surface area is 114 Å². The Morgan fingerprint density at radius 1 is 1.06 bits per heavy atom. The summed E-state index contributed by atoms with van der Waals surface area (Å²) in [6, 6.07) is 14.1. The fraction of sp³-hybridized carbons (Fsp3) is 0.143. The molecule has 0 aromatic heterocycles. The lowest BCUT2D eigenvalue weighted by molar-refractivity contribution is 0.174. The van der Waals surface area contributed by atoms with Gasteiger partial charge in [0.25, 0.3) is 0 Å². The maximum absolute atomic E-state index is 5.38. The highest BCUT2D eigenvalue weighted by atomic mass is 79.9. The van der Waals surface area contributed by atoms with Crippen LogP contribution in [-0.2, 0) is 6.54 Å². The minimum atomic E-state index is 0.303. The van der Waals surface area contributed by atoms with Crippen LogP contribution in [0.1, 0.15) is 5.56 Å². The molecular formula is C14H12BrNO2. The van der Waals surface area contributed by atoms with Crippen molar-refractivity contribution in [3.63, 3.8) is 0 Å². The zero-order chi connectivity index (χ0) is 12.4. The van der Waals surface area contributed by atoms with Gasteiger partial charge in [-0.15, -0.1) is 0 Å². The fourth-order valence-corrected chi connectivity index (χ4v) is 2.31. The van der Waals surface area contributed by atoms with E-state index in [1.807, 2.05) is 42.5 Å². The number of fused-ring (bicyclic) bond motifs is 1. The van der Waals surface area contributed by atoms with Crippen molar-refractivity contribution in [3.8, 4) is 11.5 Å². The monoisotopic (exact) mass is 305 g/mol. The average molecular weight is 306 g/mol. The van der Waals surface area contributed by atoms with E-state index in [1.54, 1.807) is 0 Å². The first-order valence-electron chi connectivity index (χ1n) is 5.70. The van der Waals surface area contributed by atoms with Gasteiger partial charge in [0.05, 0.1) is 0 Å². The van der Waals surface area contributed by atoms with E-state index in [4.69, 9.17) is 9.47 Å². The molecule has 0 unspecified atom stereocenters. The number of nitrogens with one attached hydrogen (secondary N) is 1. The van der Waals surface area contributed by atoms with Gasteiger partial charge in [-0.25, -0.2) is 0 Å². The van der Waals surface area contributed by atoms with Crippen molar-refractivity contribution < 1.29 is 9.47 Å². The van der Waals surface area contributed by atoms with E-state index in [1.165, 1.54) is 0 Å². The van der Waals surface area contributed by atoms with Crippen LogP contribution in [0.2, 0.25) is 0 Å². The smallest absolute Gasteiger partial charge is 0.231 e. The van der Waals surface area contributed by atoms with Crippen molar-refractivity contribution in [1.82, 2.24) is 0 Å². The molecule has 0 saturated heterocycles. The summed E-state index contributed by atoms with van der Waals surface area (Å²) in [7, 11) is 0. The molecule has 0 aliphatic carbocycles. The van der Waals surface area contributed by atoms with Gasteiger partial charge < -0.3 is 14.8 Å². The van der Waals surface area contributed by atoms with Crippen LogP contribution in [0.25, 0.3) is 0 Å². The lowest BCUT2D eigenvalue weighted by Gasteiger charge is -2.09. The van der Waals surface area contributed by atoms with Crippen molar-refractivity contribution in [2.24, 2.45) is 0 Å². The van der Waals surface area contributed by atoms with E-state index in [9.17, 15) is 0 Å². The number of hydrogen-bond acceptors (Lipinski definition) is 3. The molecule has 0 radical (unpaired) electrons. The molecule has 1 heterocycles. The summed E-state index contributed by atoms with van der Waals surface area (Å²) in [4.78, 5) is 0. The van der Waals surface area contributed by atoms with Crippen LogP contribution < -0.4 is 14.8 Å². The highest BCUT2D eigenvalue weighted by Gasteiger charge is 2.15.